The molecule has 1 aromatic heterocycles. The molecule has 1 fully saturated rings. The topological polar surface area (TPSA) is 53.5 Å². The van der Waals surface area contributed by atoms with Crippen molar-refractivity contribution in [3.8, 4) is 0 Å². The molecule has 0 aromatic carbocycles. The lowest BCUT2D eigenvalue weighted by atomic mass is 9.91. The fourth-order valence-electron chi connectivity index (χ4n) is 2.32. The van der Waals surface area contributed by atoms with Gasteiger partial charge in [-0.2, -0.15) is 0 Å². The van der Waals surface area contributed by atoms with E-state index in [1.165, 1.54) is 43.9 Å². The molecule has 0 aliphatic heterocycles. The van der Waals surface area contributed by atoms with E-state index in [-0.39, 0.29) is 4.90 Å². The van der Waals surface area contributed by atoms with Crippen LogP contribution in [0.15, 0.2) is 23.2 Å². The Morgan fingerprint density at radius 3 is 2.48 bits per heavy atom. The highest BCUT2D eigenvalue weighted by Crippen LogP contribution is 2.29. The third-order valence-electron chi connectivity index (χ3n) is 3.84. The molecule has 21 heavy (non-hydrogen) atoms. The number of alkyl halides is 1. The van der Waals surface area contributed by atoms with Crippen molar-refractivity contribution in [3.63, 3.8) is 0 Å². The number of pyridine rings is 1. The van der Waals surface area contributed by atoms with E-state index in [2.05, 4.69) is 9.88 Å². The van der Waals surface area contributed by atoms with Crippen molar-refractivity contribution in [2.45, 2.75) is 36.6 Å². The summed E-state index contributed by atoms with van der Waals surface area (Å²) in [5, 5.41) is 0. The van der Waals surface area contributed by atoms with Gasteiger partial charge in [-0.25, -0.2) is 17.7 Å². The van der Waals surface area contributed by atoms with E-state index < -0.39 is 10.0 Å². The summed E-state index contributed by atoms with van der Waals surface area (Å²) < 4.78 is 25.3. The first-order valence-corrected chi connectivity index (χ1v) is 9.15. The van der Waals surface area contributed by atoms with Crippen LogP contribution in [0.1, 0.15) is 25.7 Å². The Balaban J connectivity index is 2.19. The van der Waals surface area contributed by atoms with Gasteiger partial charge < -0.3 is 4.90 Å². The highest BCUT2D eigenvalue weighted by atomic mass is 35.5. The lowest BCUT2D eigenvalue weighted by Crippen LogP contribution is -2.41. The number of hydrogen-bond acceptors (Lipinski definition) is 4. The van der Waals surface area contributed by atoms with E-state index in [4.69, 9.17) is 11.6 Å². The number of rotatable bonds is 7. The first-order chi connectivity index (χ1) is 9.96. The van der Waals surface area contributed by atoms with Crippen LogP contribution in [0, 0.1) is 0 Å². The lowest BCUT2D eigenvalue weighted by Gasteiger charge is -2.38. The van der Waals surface area contributed by atoms with Crippen molar-refractivity contribution < 1.29 is 8.42 Å². The zero-order chi connectivity index (χ0) is 15.5. The number of nitrogens with zero attached hydrogens (tertiary/aromatic N) is 3. The molecular weight excluding hydrogens is 310 g/mol. The van der Waals surface area contributed by atoms with Gasteiger partial charge in [0.25, 0.3) is 0 Å². The molecule has 0 radical (unpaired) electrons. The predicted octanol–water partition coefficient (Wildman–Crippen LogP) is 2.32. The van der Waals surface area contributed by atoms with Gasteiger partial charge in [0.05, 0.1) is 0 Å². The van der Waals surface area contributed by atoms with E-state index in [1.807, 2.05) is 0 Å². The second kappa shape index (κ2) is 6.94. The molecule has 5 nitrogen and oxygen atoms in total. The van der Waals surface area contributed by atoms with Crippen LogP contribution >= 0.6 is 11.6 Å². The minimum Gasteiger partial charge on any atom is -0.354 e. The molecule has 0 atom stereocenters. The monoisotopic (exact) mass is 331 g/mol. The zero-order valence-corrected chi connectivity index (χ0v) is 14.1. The van der Waals surface area contributed by atoms with Crippen molar-refractivity contribution in [1.29, 1.82) is 0 Å². The Bertz CT molecular complexity index is 556. The van der Waals surface area contributed by atoms with Gasteiger partial charge in [-0.3, -0.25) is 0 Å². The second-order valence-corrected chi connectivity index (χ2v) is 7.99. The molecule has 118 valence electrons. The summed E-state index contributed by atoms with van der Waals surface area (Å²) in [6.07, 6.45) is 5.92. The van der Waals surface area contributed by atoms with Gasteiger partial charge in [-0.05, 0) is 37.8 Å². The molecule has 0 saturated heterocycles. The Kier molecular flexibility index (Phi) is 5.46. The second-order valence-electron chi connectivity index (χ2n) is 5.46. The molecule has 0 bridgehead atoms. The van der Waals surface area contributed by atoms with Crippen molar-refractivity contribution in [3.05, 3.63) is 18.3 Å². The van der Waals surface area contributed by atoms with E-state index >= 15 is 0 Å². The van der Waals surface area contributed by atoms with Crippen LogP contribution in [-0.4, -0.2) is 50.3 Å². The quantitative estimate of drug-likeness (QED) is 0.719. The van der Waals surface area contributed by atoms with E-state index in [1.54, 1.807) is 12.1 Å². The molecule has 1 saturated carbocycles. The summed E-state index contributed by atoms with van der Waals surface area (Å²) in [6, 6.07) is 3.93. The number of sulfonamides is 1. The SMILES string of the molecule is CN(C)S(=O)(=O)c1ccc(N(CCCCl)C2CCC2)nc1. The Morgan fingerprint density at radius 1 is 1.33 bits per heavy atom. The standard InChI is InChI=1S/C14H22ClN3O2S/c1-17(2)21(19,20)13-7-8-14(16-11-13)18(10-4-9-15)12-5-3-6-12/h7-8,11-12H,3-6,9-10H2,1-2H3. The first-order valence-electron chi connectivity index (χ1n) is 7.18. The smallest absolute Gasteiger partial charge is 0.244 e. The molecular formula is C14H22ClN3O2S. The van der Waals surface area contributed by atoms with Crippen LogP contribution < -0.4 is 4.90 Å². The average Bonchev–Trinajstić information content (AvgIpc) is 2.41. The first kappa shape index (κ1) is 16.5. The van der Waals surface area contributed by atoms with Gasteiger partial charge in [0.15, 0.2) is 0 Å². The normalized spacial score (nSPS) is 16.0. The van der Waals surface area contributed by atoms with Crippen molar-refractivity contribution in [2.75, 3.05) is 31.4 Å². The lowest BCUT2D eigenvalue weighted by molar-refractivity contribution is 0.384. The highest BCUT2D eigenvalue weighted by Gasteiger charge is 2.26. The van der Waals surface area contributed by atoms with Crippen LogP contribution in [0.3, 0.4) is 0 Å². The van der Waals surface area contributed by atoms with Gasteiger partial charge >= 0.3 is 0 Å². The summed E-state index contributed by atoms with van der Waals surface area (Å²) in [4.78, 5) is 6.83. The minimum absolute atomic E-state index is 0.224. The van der Waals surface area contributed by atoms with Crippen molar-refractivity contribution in [2.24, 2.45) is 0 Å². The van der Waals surface area contributed by atoms with E-state index in [9.17, 15) is 8.42 Å². The summed E-state index contributed by atoms with van der Waals surface area (Å²) in [5.74, 6) is 1.46. The maximum Gasteiger partial charge on any atom is 0.244 e. The number of halogens is 1. The molecule has 1 heterocycles. The molecule has 0 spiro atoms. The molecule has 1 aliphatic rings. The van der Waals surface area contributed by atoms with Crippen molar-refractivity contribution >= 4 is 27.4 Å². The largest absolute Gasteiger partial charge is 0.354 e. The molecule has 0 N–H and O–H groups in total. The summed E-state index contributed by atoms with van der Waals surface area (Å²) in [6.45, 7) is 0.862. The molecule has 1 aromatic rings. The Labute approximate surface area is 132 Å². The highest BCUT2D eigenvalue weighted by molar-refractivity contribution is 7.89. The number of anilines is 1. The molecule has 2 rings (SSSR count). The Hall–Kier alpha value is -0.850. The van der Waals surface area contributed by atoms with Gasteiger partial charge in [0.1, 0.15) is 10.7 Å². The summed E-state index contributed by atoms with van der Waals surface area (Å²) in [7, 11) is -0.380. The molecule has 1 aliphatic carbocycles. The molecule has 7 heteroatoms. The molecule has 0 amide bonds. The van der Waals surface area contributed by atoms with E-state index in [0.717, 1.165) is 18.8 Å². The summed E-state index contributed by atoms with van der Waals surface area (Å²) in [5.41, 5.74) is 0. The average molecular weight is 332 g/mol. The maximum atomic E-state index is 12.0. The Morgan fingerprint density at radius 2 is 2.05 bits per heavy atom. The molecule has 0 unspecified atom stereocenters. The third-order valence-corrected chi connectivity index (χ3v) is 5.91. The van der Waals surface area contributed by atoms with Gasteiger partial charge in [0.2, 0.25) is 10.0 Å². The van der Waals surface area contributed by atoms with Gasteiger partial charge in [0, 0.05) is 38.8 Å². The van der Waals surface area contributed by atoms with Crippen LogP contribution in [0.5, 0.6) is 0 Å². The fourth-order valence-corrected chi connectivity index (χ4v) is 3.29. The van der Waals surface area contributed by atoms with Gasteiger partial charge in [-0.1, -0.05) is 0 Å². The van der Waals surface area contributed by atoms with E-state index in [0.29, 0.717) is 11.9 Å². The predicted molar refractivity (Wildman–Crippen MR) is 85.4 cm³/mol. The number of hydrogen-bond donors (Lipinski definition) is 0. The van der Waals surface area contributed by atoms with Crippen LogP contribution in [0.25, 0.3) is 0 Å². The van der Waals surface area contributed by atoms with Crippen LogP contribution in [-0.2, 0) is 10.0 Å². The van der Waals surface area contributed by atoms with Crippen LogP contribution in [0.2, 0.25) is 0 Å². The summed E-state index contributed by atoms with van der Waals surface area (Å²) >= 11 is 5.79. The zero-order valence-electron chi connectivity index (χ0n) is 12.5. The number of aromatic nitrogens is 1. The third kappa shape index (κ3) is 3.67. The van der Waals surface area contributed by atoms with Crippen LogP contribution in [0.4, 0.5) is 5.82 Å². The fraction of sp³-hybridized carbons (Fsp3) is 0.643. The minimum atomic E-state index is -3.42. The van der Waals surface area contributed by atoms with Gasteiger partial charge in [-0.15, -0.1) is 11.6 Å². The maximum absolute atomic E-state index is 12.0. The van der Waals surface area contributed by atoms with Crippen molar-refractivity contribution in [1.82, 2.24) is 9.29 Å².